The first-order valence-electron chi connectivity index (χ1n) is 6.06. The van der Waals surface area contributed by atoms with Crippen LogP contribution in [0.3, 0.4) is 0 Å². The lowest BCUT2D eigenvalue weighted by Gasteiger charge is -2.02. The minimum absolute atomic E-state index is 0.587. The van der Waals surface area contributed by atoms with Crippen molar-refractivity contribution in [2.75, 3.05) is 13.7 Å². The van der Waals surface area contributed by atoms with Gasteiger partial charge < -0.3 is 10.1 Å². The summed E-state index contributed by atoms with van der Waals surface area (Å²) >= 11 is 3.46. The van der Waals surface area contributed by atoms with E-state index in [-0.39, 0.29) is 0 Å². The molecule has 0 spiro atoms. The minimum Gasteiger partial charge on any atom is -0.378 e. The molecule has 1 N–H and O–H groups in total. The molecule has 0 atom stereocenters. The molecular weight excluding hydrogens is 264 g/mol. The van der Waals surface area contributed by atoms with Crippen molar-refractivity contribution in [2.45, 2.75) is 26.5 Å². The highest BCUT2D eigenvalue weighted by molar-refractivity contribution is 7.15. The average molecular weight is 282 g/mol. The molecule has 2 heterocycles. The Morgan fingerprint density at radius 3 is 3.00 bits per heavy atom. The quantitative estimate of drug-likeness (QED) is 0.789. The SMILES string of the molecule is CCCNCc1sc(-c2ccsc2)nc1COC. The van der Waals surface area contributed by atoms with E-state index in [0.29, 0.717) is 6.61 Å². The zero-order valence-electron chi connectivity index (χ0n) is 10.7. The van der Waals surface area contributed by atoms with Crippen LogP contribution in [0.5, 0.6) is 0 Å². The van der Waals surface area contributed by atoms with Crippen LogP contribution in [-0.2, 0) is 17.9 Å². The Morgan fingerprint density at radius 1 is 1.44 bits per heavy atom. The normalized spacial score (nSPS) is 11.0. The number of thiophene rings is 1. The van der Waals surface area contributed by atoms with Gasteiger partial charge in [-0.2, -0.15) is 11.3 Å². The van der Waals surface area contributed by atoms with Crippen LogP contribution in [0, 0.1) is 0 Å². The van der Waals surface area contributed by atoms with E-state index in [1.165, 1.54) is 10.4 Å². The molecule has 98 valence electrons. The van der Waals surface area contributed by atoms with Gasteiger partial charge >= 0.3 is 0 Å². The van der Waals surface area contributed by atoms with Gasteiger partial charge in [-0.15, -0.1) is 11.3 Å². The van der Waals surface area contributed by atoms with E-state index in [0.717, 1.165) is 30.2 Å². The summed E-state index contributed by atoms with van der Waals surface area (Å²) in [5.41, 5.74) is 2.27. The summed E-state index contributed by atoms with van der Waals surface area (Å²) in [6.45, 7) is 4.68. The molecule has 0 bridgehead atoms. The Balaban J connectivity index is 2.15. The summed E-state index contributed by atoms with van der Waals surface area (Å²) in [7, 11) is 1.72. The maximum Gasteiger partial charge on any atom is 0.124 e. The first-order valence-corrected chi connectivity index (χ1v) is 7.82. The van der Waals surface area contributed by atoms with Crippen molar-refractivity contribution < 1.29 is 4.74 Å². The standard InChI is InChI=1S/C13H18N2OS2/c1-3-5-14-7-12-11(8-16-2)15-13(18-12)10-4-6-17-9-10/h4,6,9,14H,3,5,7-8H2,1-2H3. The number of rotatable bonds is 7. The molecule has 0 unspecified atom stereocenters. The lowest BCUT2D eigenvalue weighted by atomic mass is 10.3. The number of nitrogens with zero attached hydrogens (tertiary/aromatic N) is 1. The van der Waals surface area contributed by atoms with Crippen LogP contribution in [-0.4, -0.2) is 18.6 Å². The van der Waals surface area contributed by atoms with Gasteiger partial charge in [0.05, 0.1) is 12.3 Å². The van der Waals surface area contributed by atoms with Crippen molar-refractivity contribution in [3.8, 4) is 10.6 Å². The van der Waals surface area contributed by atoms with Gasteiger partial charge in [-0.1, -0.05) is 6.92 Å². The Morgan fingerprint density at radius 2 is 2.33 bits per heavy atom. The summed E-state index contributed by atoms with van der Waals surface area (Å²) in [4.78, 5) is 5.97. The molecule has 2 aromatic rings. The first kappa shape index (κ1) is 13.7. The van der Waals surface area contributed by atoms with Crippen molar-refractivity contribution in [3.05, 3.63) is 27.4 Å². The fourth-order valence-electron chi connectivity index (χ4n) is 1.66. The van der Waals surface area contributed by atoms with Crippen LogP contribution >= 0.6 is 22.7 Å². The average Bonchev–Trinajstić information content (AvgIpc) is 2.99. The Labute approximate surface area is 116 Å². The number of methoxy groups -OCH3 is 1. The van der Waals surface area contributed by atoms with E-state index >= 15 is 0 Å². The number of nitrogens with one attached hydrogen (secondary N) is 1. The second kappa shape index (κ2) is 6.99. The third-order valence-electron chi connectivity index (χ3n) is 2.54. The number of hydrogen-bond donors (Lipinski definition) is 1. The van der Waals surface area contributed by atoms with E-state index in [4.69, 9.17) is 4.74 Å². The van der Waals surface area contributed by atoms with Crippen molar-refractivity contribution >= 4 is 22.7 Å². The fraction of sp³-hybridized carbons (Fsp3) is 0.462. The summed E-state index contributed by atoms with van der Waals surface area (Å²) in [6.07, 6.45) is 1.15. The van der Waals surface area contributed by atoms with E-state index in [1.54, 1.807) is 29.8 Å². The molecule has 0 aromatic carbocycles. The molecule has 0 saturated heterocycles. The maximum atomic E-state index is 5.22. The Kier molecular flexibility index (Phi) is 5.31. The summed E-state index contributed by atoms with van der Waals surface area (Å²) in [6, 6.07) is 2.11. The fourth-order valence-corrected chi connectivity index (χ4v) is 3.41. The molecule has 0 amide bonds. The van der Waals surface area contributed by atoms with Gasteiger partial charge in [0.2, 0.25) is 0 Å². The van der Waals surface area contributed by atoms with Crippen LogP contribution < -0.4 is 5.32 Å². The highest BCUT2D eigenvalue weighted by Crippen LogP contribution is 2.29. The molecule has 2 rings (SSSR count). The highest BCUT2D eigenvalue weighted by Gasteiger charge is 2.12. The predicted octanol–water partition coefficient (Wildman–Crippen LogP) is 3.52. The van der Waals surface area contributed by atoms with Gasteiger partial charge in [-0.05, 0) is 24.4 Å². The van der Waals surface area contributed by atoms with Gasteiger partial charge in [0.1, 0.15) is 5.01 Å². The third-order valence-corrected chi connectivity index (χ3v) is 4.37. The van der Waals surface area contributed by atoms with Crippen molar-refractivity contribution in [2.24, 2.45) is 0 Å². The zero-order valence-corrected chi connectivity index (χ0v) is 12.4. The third kappa shape index (κ3) is 3.38. The number of aromatic nitrogens is 1. The monoisotopic (exact) mass is 282 g/mol. The van der Waals surface area contributed by atoms with Crippen molar-refractivity contribution in [1.82, 2.24) is 10.3 Å². The molecule has 0 aliphatic carbocycles. The molecule has 0 fully saturated rings. The number of ether oxygens (including phenoxy) is 1. The molecular formula is C13H18N2OS2. The maximum absolute atomic E-state index is 5.22. The second-order valence-electron chi connectivity index (χ2n) is 4.01. The van der Waals surface area contributed by atoms with E-state index in [9.17, 15) is 0 Å². The largest absolute Gasteiger partial charge is 0.378 e. The number of hydrogen-bond acceptors (Lipinski definition) is 5. The van der Waals surface area contributed by atoms with Crippen molar-refractivity contribution in [1.29, 1.82) is 0 Å². The highest BCUT2D eigenvalue weighted by atomic mass is 32.1. The van der Waals surface area contributed by atoms with Crippen LogP contribution in [0.25, 0.3) is 10.6 Å². The molecule has 5 heteroatoms. The smallest absolute Gasteiger partial charge is 0.124 e. The molecule has 0 aliphatic rings. The van der Waals surface area contributed by atoms with Crippen LogP contribution in [0.4, 0.5) is 0 Å². The van der Waals surface area contributed by atoms with Gasteiger partial charge in [-0.25, -0.2) is 4.98 Å². The topological polar surface area (TPSA) is 34.2 Å². The molecule has 3 nitrogen and oxygen atoms in total. The van der Waals surface area contributed by atoms with Gasteiger partial charge in [0.15, 0.2) is 0 Å². The number of thiazole rings is 1. The Bertz CT molecular complexity index is 465. The predicted molar refractivity (Wildman–Crippen MR) is 78.1 cm³/mol. The van der Waals surface area contributed by atoms with Gasteiger partial charge in [0, 0.05) is 29.5 Å². The summed E-state index contributed by atoms with van der Waals surface area (Å²) < 4.78 is 5.22. The van der Waals surface area contributed by atoms with E-state index in [1.807, 2.05) is 0 Å². The van der Waals surface area contributed by atoms with E-state index in [2.05, 4.69) is 34.1 Å². The summed E-state index contributed by atoms with van der Waals surface area (Å²) in [5, 5.41) is 8.74. The van der Waals surface area contributed by atoms with Crippen LogP contribution in [0.15, 0.2) is 16.8 Å². The minimum atomic E-state index is 0.587. The van der Waals surface area contributed by atoms with Gasteiger partial charge in [0.25, 0.3) is 0 Å². The van der Waals surface area contributed by atoms with Crippen LogP contribution in [0.1, 0.15) is 23.9 Å². The molecule has 18 heavy (non-hydrogen) atoms. The van der Waals surface area contributed by atoms with E-state index < -0.39 is 0 Å². The first-order chi connectivity index (χ1) is 8.85. The van der Waals surface area contributed by atoms with Gasteiger partial charge in [-0.3, -0.25) is 0 Å². The lowest BCUT2D eigenvalue weighted by Crippen LogP contribution is -2.14. The molecule has 2 aromatic heterocycles. The molecule has 0 radical (unpaired) electrons. The zero-order chi connectivity index (χ0) is 12.8. The summed E-state index contributed by atoms with van der Waals surface area (Å²) in [5.74, 6) is 0. The van der Waals surface area contributed by atoms with Crippen molar-refractivity contribution in [3.63, 3.8) is 0 Å². The second-order valence-corrected chi connectivity index (χ2v) is 5.87. The lowest BCUT2D eigenvalue weighted by molar-refractivity contribution is 0.181. The molecule has 0 aliphatic heterocycles. The van der Waals surface area contributed by atoms with Crippen LogP contribution in [0.2, 0.25) is 0 Å². The Hall–Kier alpha value is -0.750. The molecule has 0 saturated carbocycles.